The molecule has 0 bridgehead atoms. The Labute approximate surface area is 128 Å². The fourth-order valence-electron chi connectivity index (χ4n) is 2.10. The van der Waals surface area contributed by atoms with Crippen LogP contribution in [-0.4, -0.2) is 35.9 Å². The van der Waals surface area contributed by atoms with Gasteiger partial charge in [0.2, 0.25) is 5.91 Å². The zero-order valence-corrected chi connectivity index (χ0v) is 12.8. The second-order valence-corrected chi connectivity index (χ2v) is 7.51. The van der Waals surface area contributed by atoms with Gasteiger partial charge in [-0.25, -0.2) is 13.1 Å². The Kier molecular flexibility index (Phi) is 3.30. The van der Waals surface area contributed by atoms with Crippen LogP contribution in [0.2, 0.25) is 0 Å². The fourth-order valence-corrected chi connectivity index (χ4v) is 2.96. The first kappa shape index (κ1) is 14.7. The van der Waals surface area contributed by atoms with E-state index in [1.54, 1.807) is 24.4 Å². The molecule has 1 heterocycles. The van der Waals surface area contributed by atoms with Crippen molar-refractivity contribution in [3.8, 4) is 5.69 Å². The number of amides is 1. The van der Waals surface area contributed by atoms with Crippen molar-refractivity contribution in [1.82, 2.24) is 9.78 Å². The Morgan fingerprint density at radius 2 is 2.05 bits per heavy atom. The van der Waals surface area contributed by atoms with Crippen molar-refractivity contribution in [3.05, 3.63) is 36.7 Å². The first-order chi connectivity index (χ1) is 10.3. The summed E-state index contributed by atoms with van der Waals surface area (Å²) < 4.78 is 25.1. The average molecular weight is 320 g/mol. The topological polar surface area (TPSA) is 107 Å². The number of hydrogen-bond donors (Lipinski definition) is 2. The van der Waals surface area contributed by atoms with E-state index in [2.05, 4.69) is 10.4 Å². The van der Waals surface area contributed by atoms with Gasteiger partial charge in [-0.15, -0.1) is 0 Å². The lowest BCUT2D eigenvalue weighted by molar-refractivity contribution is -0.118. The van der Waals surface area contributed by atoms with E-state index >= 15 is 0 Å². The number of para-hydroxylation sites is 1. The Balaban J connectivity index is 1.90. The van der Waals surface area contributed by atoms with E-state index in [-0.39, 0.29) is 10.8 Å². The lowest BCUT2D eigenvalue weighted by Gasteiger charge is -2.08. The molecule has 3 N–H and O–H groups in total. The largest absolute Gasteiger partial charge is 0.322 e. The zero-order valence-electron chi connectivity index (χ0n) is 12.0. The van der Waals surface area contributed by atoms with Crippen molar-refractivity contribution in [2.45, 2.75) is 23.3 Å². The molecule has 0 saturated heterocycles. The second kappa shape index (κ2) is 4.92. The maximum atomic E-state index is 11.9. The third-order valence-corrected chi connectivity index (χ3v) is 4.74. The zero-order chi connectivity index (χ0) is 16.0. The van der Waals surface area contributed by atoms with Crippen molar-refractivity contribution in [1.29, 1.82) is 0 Å². The van der Waals surface area contributed by atoms with Gasteiger partial charge in [-0.2, -0.15) is 5.10 Å². The highest BCUT2D eigenvalue weighted by Crippen LogP contribution is 2.33. The minimum Gasteiger partial charge on any atom is -0.322 e. The molecule has 2 aromatic rings. The second-order valence-electron chi connectivity index (χ2n) is 5.52. The summed E-state index contributed by atoms with van der Waals surface area (Å²) in [4.78, 5) is 12.1. The maximum Gasteiger partial charge on any atom is 0.244 e. The van der Waals surface area contributed by atoms with Crippen LogP contribution in [-0.2, 0) is 14.6 Å². The van der Waals surface area contributed by atoms with E-state index in [1.165, 1.54) is 16.9 Å². The molecule has 1 aliphatic rings. The molecule has 0 unspecified atom stereocenters. The van der Waals surface area contributed by atoms with Crippen molar-refractivity contribution in [2.75, 3.05) is 11.6 Å². The molecule has 0 atom stereocenters. The first-order valence-corrected chi connectivity index (χ1v) is 8.63. The molecule has 1 aliphatic carbocycles. The molecule has 3 rings (SSSR count). The van der Waals surface area contributed by atoms with Crippen LogP contribution in [0, 0.1) is 0 Å². The van der Waals surface area contributed by atoms with Crippen LogP contribution in [0.15, 0.2) is 41.6 Å². The fraction of sp³-hybridized carbons (Fsp3) is 0.286. The molecule has 1 aromatic carbocycles. The third-order valence-electron chi connectivity index (χ3n) is 3.59. The van der Waals surface area contributed by atoms with Gasteiger partial charge in [0.25, 0.3) is 0 Å². The molecule has 0 radical (unpaired) electrons. The minimum atomic E-state index is -3.38. The molecule has 0 aliphatic heterocycles. The number of rotatable bonds is 4. The van der Waals surface area contributed by atoms with Crippen molar-refractivity contribution < 1.29 is 13.2 Å². The molecule has 8 heteroatoms. The summed E-state index contributed by atoms with van der Waals surface area (Å²) >= 11 is 0. The van der Waals surface area contributed by atoms with Crippen molar-refractivity contribution >= 4 is 21.4 Å². The van der Waals surface area contributed by atoms with Crippen LogP contribution in [0.25, 0.3) is 5.69 Å². The molecular weight excluding hydrogens is 304 g/mol. The molecular formula is C14H16N4O3S. The van der Waals surface area contributed by atoms with E-state index in [9.17, 15) is 13.2 Å². The number of sulfone groups is 1. The number of nitrogens with two attached hydrogens (primary N) is 1. The molecule has 116 valence electrons. The standard InChI is InChI=1S/C14H16N4O3S/c1-22(20,21)12-5-3-2-4-11(12)18-9-10(8-16-18)17-13(19)14(15)6-7-14/h2-5,8-9H,6-7,15H2,1H3,(H,17,19). The molecule has 22 heavy (non-hydrogen) atoms. The van der Waals surface area contributed by atoms with E-state index in [0.29, 0.717) is 24.2 Å². The van der Waals surface area contributed by atoms with E-state index < -0.39 is 15.4 Å². The third kappa shape index (κ3) is 2.75. The van der Waals surface area contributed by atoms with Gasteiger partial charge in [-0.1, -0.05) is 12.1 Å². The van der Waals surface area contributed by atoms with Gasteiger partial charge >= 0.3 is 0 Å². The van der Waals surface area contributed by atoms with Crippen molar-refractivity contribution in [3.63, 3.8) is 0 Å². The highest BCUT2D eigenvalue weighted by molar-refractivity contribution is 7.90. The van der Waals surface area contributed by atoms with E-state index in [0.717, 1.165) is 6.26 Å². The van der Waals surface area contributed by atoms with Gasteiger partial charge < -0.3 is 11.1 Å². The Morgan fingerprint density at radius 1 is 1.36 bits per heavy atom. The smallest absolute Gasteiger partial charge is 0.244 e. The number of nitrogens with one attached hydrogen (secondary N) is 1. The Bertz CT molecular complexity index is 837. The number of carbonyl (C=O) groups is 1. The van der Waals surface area contributed by atoms with Crippen LogP contribution in [0.5, 0.6) is 0 Å². The van der Waals surface area contributed by atoms with Gasteiger partial charge in [0.1, 0.15) is 0 Å². The highest BCUT2D eigenvalue weighted by atomic mass is 32.2. The number of benzene rings is 1. The Hall–Kier alpha value is -2.19. The summed E-state index contributed by atoms with van der Waals surface area (Å²) in [6, 6.07) is 6.55. The van der Waals surface area contributed by atoms with Gasteiger partial charge in [-0.05, 0) is 25.0 Å². The SMILES string of the molecule is CS(=O)(=O)c1ccccc1-n1cc(NC(=O)C2(N)CC2)cn1. The van der Waals surface area contributed by atoms with Gasteiger partial charge in [0, 0.05) is 6.26 Å². The summed E-state index contributed by atoms with van der Waals surface area (Å²) in [5.74, 6) is -0.247. The lowest BCUT2D eigenvalue weighted by Crippen LogP contribution is -2.37. The number of anilines is 1. The van der Waals surface area contributed by atoms with Crippen LogP contribution < -0.4 is 11.1 Å². The molecule has 0 spiro atoms. The average Bonchev–Trinajstić information content (AvgIpc) is 3.05. The lowest BCUT2D eigenvalue weighted by atomic mass is 10.3. The molecule has 1 saturated carbocycles. The summed E-state index contributed by atoms with van der Waals surface area (Å²) in [6.45, 7) is 0. The van der Waals surface area contributed by atoms with Crippen molar-refractivity contribution in [2.24, 2.45) is 5.73 Å². The molecule has 1 aromatic heterocycles. The summed E-state index contributed by atoms with van der Waals surface area (Å²) in [7, 11) is -3.38. The number of hydrogen-bond acceptors (Lipinski definition) is 5. The van der Waals surface area contributed by atoms with Crippen LogP contribution in [0.4, 0.5) is 5.69 Å². The van der Waals surface area contributed by atoms with Gasteiger partial charge in [0.15, 0.2) is 9.84 Å². The number of carbonyl (C=O) groups excluding carboxylic acids is 1. The summed E-state index contributed by atoms with van der Waals surface area (Å²) in [5, 5.41) is 6.81. The maximum absolute atomic E-state index is 11.9. The first-order valence-electron chi connectivity index (χ1n) is 6.74. The van der Waals surface area contributed by atoms with Gasteiger partial charge in [-0.3, -0.25) is 4.79 Å². The number of aromatic nitrogens is 2. The molecule has 1 amide bonds. The van der Waals surface area contributed by atoms with E-state index in [1.807, 2.05) is 0 Å². The molecule has 7 nitrogen and oxygen atoms in total. The quantitative estimate of drug-likeness (QED) is 0.862. The monoisotopic (exact) mass is 320 g/mol. The highest BCUT2D eigenvalue weighted by Gasteiger charge is 2.46. The normalized spacial score (nSPS) is 16.3. The molecule has 1 fully saturated rings. The predicted octanol–water partition coefficient (Wildman–Crippen LogP) is 0.706. The minimum absolute atomic E-state index is 0.175. The van der Waals surface area contributed by atoms with E-state index in [4.69, 9.17) is 5.73 Å². The van der Waals surface area contributed by atoms with Crippen LogP contribution in [0.1, 0.15) is 12.8 Å². The Morgan fingerprint density at radius 3 is 2.68 bits per heavy atom. The summed E-state index contributed by atoms with van der Waals surface area (Å²) in [6.07, 6.45) is 5.51. The summed E-state index contributed by atoms with van der Waals surface area (Å²) in [5.41, 5.74) is 5.95. The van der Waals surface area contributed by atoms with Gasteiger partial charge in [0.05, 0.1) is 34.2 Å². The van der Waals surface area contributed by atoms with Crippen LogP contribution in [0.3, 0.4) is 0 Å². The number of nitrogens with zero attached hydrogens (tertiary/aromatic N) is 2. The van der Waals surface area contributed by atoms with Crippen LogP contribution >= 0.6 is 0 Å². The predicted molar refractivity (Wildman–Crippen MR) is 81.5 cm³/mol.